The molecule has 1 amide bonds. The van der Waals surface area contributed by atoms with Crippen LogP contribution in [0.2, 0.25) is 0 Å². The van der Waals surface area contributed by atoms with Crippen LogP contribution in [-0.4, -0.2) is 26.3 Å². The summed E-state index contributed by atoms with van der Waals surface area (Å²) < 4.78 is 10.6. The van der Waals surface area contributed by atoms with Crippen molar-refractivity contribution in [1.29, 1.82) is 0 Å². The lowest BCUT2D eigenvalue weighted by Gasteiger charge is -2.08. The molecule has 2 aromatic heterocycles. The Morgan fingerprint density at radius 2 is 2.19 bits per heavy atom. The molecule has 0 spiro atoms. The van der Waals surface area contributed by atoms with Crippen molar-refractivity contribution >= 4 is 23.4 Å². The van der Waals surface area contributed by atoms with Gasteiger partial charge in [-0.05, 0) is 25.1 Å². The number of nitrogens with zero attached hydrogens (tertiary/aromatic N) is 3. The molecule has 134 valence electrons. The quantitative estimate of drug-likeness (QED) is 0.380. The van der Waals surface area contributed by atoms with Crippen molar-refractivity contribution < 1.29 is 18.6 Å². The molecule has 1 N–H and O–H groups in total. The first-order valence-corrected chi connectivity index (χ1v) is 8.46. The van der Waals surface area contributed by atoms with E-state index in [0.717, 1.165) is 11.8 Å². The Morgan fingerprint density at radius 1 is 1.35 bits per heavy atom. The number of furan rings is 1. The Kier molecular flexibility index (Phi) is 5.32. The third-order valence-corrected chi connectivity index (χ3v) is 4.31. The first kappa shape index (κ1) is 17.7. The van der Waals surface area contributed by atoms with Gasteiger partial charge < -0.3 is 14.2 Å². The molecule has 0 unspecified atom stereocenters. The van der Waals surface area contributed by atoms with Crippen LogP contribution in [0.25, 0.3) is 11.5 Å². The van der Waals surface area contributed by atoms with E-state index in [1.165, 1.54) is 24.5 Å². The van der Waals surface area contributed by atoms with Crippen molar-refractivity contribution in [3.63, 3.8) is 0 Å². The van der Waals surface area contributed by atoms with Gasteiger partial charge in [0.2, 0.25) is 11.8 Å². The van der Waals surface area contributed by atoms with Crippen molar-refractivity contribution in [3.8, 4) is 11.5 Å². The lowest BCUT2D eigenvalue weighted by atomic mass is 10.2. The zero-order valence-electron chi connectivity index (χ0n) is 13.6. The molecule has 1 aromatic carbocycles. The number of nitro benzene ring substituents is 1. The summed E-state index contributed by atoms with van der Waals surface area (Å²) in [7, 11) is 0. The Labute approximate surface area is 151 Å². The summed E-state index contributed by atoms with van der Waals surface area (Å²) in [6.45, 7) is 2.00. The fourth-order valence-corrected chi connectivity index (χ4v) is 2.77. The fraction of sp³-hybridized carbons (Fsp3) is 0.188. The van der Waals surface area contributed by atoms with Crippen LogP contribution in [0.15, 0.2) is 56.7 Å². The number of nitrogens with one attached hydrogen (secondary N) is 1. The van der Waals surface area contributed by atoms with E-state index in [2.05, 4.69) is 15.5 Å². The average molecular weight is 374 g/mol. The molecule has 1 atom stereocenters. The zero-order chi connectivity index (χ0) is 18.5. The summed E-state index contributed by atoms with van der Waals surface area (Å²) in [6.07, 6.45) is 1.54. The van der Waals surface area contributed by atoms with Gasteiger partial charge in [-0.25, -0.2) is 0 Å². The molecule has 0 saturated heterocycles. The Morgan fingerprint density at radius 3 is 2.92 bits per heavy atom. The number of benzene rings is 1. The van der Waals surface area contributed by atoms with Gasteiger partial charge in [0.15, 0.2) is 0 Å². The first-order valence-electron chi connectivity index (χ1n) is 7.58. The van der Waals surface area contributed by atoms with Crippen LogP contribution in [-0.2, 0) is 11.3 Å². The van der Waals surface area contributed by atoms with Gasteiger partial charge in [0.1, 0.15) is 5.76 Å². The van der Waals surface area contributed by atoms with Crippen molar-refractivity contribution in [2.45, 2.75) is 23.9 Å². The molecule has 0 aliphatic rings. The minimum atomic E-state index is -0.499. The molecule has 0 saturated carbocycles. The van der Waals surface area contributed by atoms with Gasteiger partial charge in [-0.3, -0.25) is 14.9 Å². The number of carbonyl (C=O) groups excluding carboxylic acids is 1. The predicted molar refractivity (Wildman–Crippen MR) is 92.3 cm³/mol. The molecular weight excluding hydrogens is 360 g/mol. The predicted octanol–water partition coefficient (Wildman–Crippen LogP) is 3.03. The fourth-order valence-electron chi connectivity index (χ4n) is 2.06. The summed E-state index contributed by atoms with van der Waals surface area (Å²) in [4.78, 5) is 22.4. The second-order valence-corrected chi connectivity index (χ2v) is 6.53. The van der Waals surface area contributed by atoms with Crippen molar-refractivity contribution in [2.75, 3.05) is 0 Å². The molecular formula is C16H14N4O5S. The van der Waals surface area contributed by atoms with E-state index >= 15 is 0 Å². The Balaban J connectivity index is 1.61. The van der Waals surface area contributed by atoms with Crippen LogP contribution in [0, 0.1) is 10.1 Å². The Bertz CT molecular complexity index is 909. The van der Waals surface area contributed by atoms with E-state index in [9.17, 15) is 14.9 Å². The van der Waals surface area contributed by atoms with Crippen LogP contribution in [0.5, 0.6) is 0 Å². The van der Waals surface area contributed by atoms with E-state index in [-0.39, 0.29) is 22.7 Å². The summed E-state index contributed by atoms with van der Waals surface area (Å²) in [6, 6.07) is 9.40. The largest absolute Gasteiger partial charge is 0.467 e. The molecule has 0 aliphatic carbocycles. The molecule has 0 bridgehead atoms. The van der Waals surface area contributed by atoms with Crippen molar-refractivity contribution in [1.82, 2.24) is 15.5 Å². The maximum Gasteiger partial charge on any atom is 0.277 e. The normalized spacial score (nSPS) is 11.9. The number of rotatable bonds is 7. The highest BCUT2D eigenvalue weighted by Gasteiger charge is 2.19. The lowest BCUT2D eigenvalue weighted by molar-refractivity contribution is -0.384. The topological polar surface area (TPSA) is 124 Å². The number of non-ortho nitro benzene ring substituents is 1. The minimum absolute atomic E-state index is 0.0689. The standard InChI is InChI=1S/C16H14N4O5S/c1-10(14(21)17-9-13-6-3-7-24-13)26-16-19-18-15(25-16)11-4-2-5-12(8-11)20(22)23/h2-8,10H,9H2,1H3,(H,17,21)/t10-/m0/s1. The van der Waals surface area contributed by atoms with Crippen LogP contribution in [0.1, 0.15) is 12.7 Å². The van der Waals surface area contributed by atoms with Crippen LogP contribution in [0.3, 0.4) is 0 Å². The van der Waals surface area contributed by atoms with Gasteiger partial charge >= 0.3 is 0 Å². The smallest absolute Gasteiger partial charge is 0.277 e. The minimum Gasteiger partial charge on any atom is -0.467 e. The molecule has 3 rings (SSSR count). The number of aromatic nitrogens is 2. The number of hydrogen-bond donors (Lipinski definition) is 1. The molecule has 10 heteroatoms. The first-order chi connectivity index (χ1) is 12.5. The van der Waals surface area contributed by atoms with E-state index < -0.39 is 10.2 Å². The number of amides is 1. The van der Waals surface area contributed by atoms with Gasteiger partial charge in [0, 0.05) is 17.7 Å². The Hall–Kier alpha value is -3.14. The van der Waals surface area contributed by atoms with E-state index in [0.29, 0.717) is 17.9 Å². The van der Waals surface area contributed by atoms with Gasteiger partial charge in [0.25, 0.3) is 10.9 Å². The molecule has 0 aliphatic heterocycles. The molecule has 26 heavy (non-hydrogen) atoms. The van der Waals surface area contributed by atoms with E-state index in [4.69, 9.17) is 8.83 Å². The second-order valence-electron chi connectivity index (χ2n) is 5.24. The summed E-state index contributed by atoms with van der Waals surface area (Å²) >= 11 is 1.10. The summed E-state index contributed by atoms with van der Waals surface area (Å²) in [5.41, 5.74) is 0.369. The second kappa shape index (κ2) is 7.83. The highest BCUT2D eigenvalue weighted by atomic mass is 32.2. The van der Waals surface area contributed by atoms with Crippen LogP contribution < -0.4 is 5.32 Å². The molecule has 0 radical (unpaired) electrons. The maximum atomic E-state index is 12.1. The number of nitro groups is 1. The van der Waals surface area contributed by atoms with Crippen LogP contribution in [0.4, 0.5) is 5.69 Å². The number of thioether (sulfide) groups is 1. The number of carbonyl (C=O) groups is 1. The van der Waals surface area contributed by atoms with Crippen molar-refractivity contribution in [2.24, 2.45) is 0 Å². The molecule has 9 nitrogen and oxygen atoms in total. The molecule has 3 aromatic rings. The summed E-state index contributed by atoms with van der Waals surface area (Å²) in [5, 5.41) is 21.1. The average Bonchev–Trinajstić information content (AvgIpc) is 3.31. The highest BCUT2D eigenvalue weighted by molar-refractivity contribution is 8.00. The van der Waals surface area contributed by atoms with E-state index in [1.807, 2.05) is 0 Å². The van der Waals surface area contributed by atoms with E-state index in [1.54, 1.807) is 25.1 Å². The van der Waals surface area contributed by atoms with Crippen LogP contribution >= 0.6 is 11.8 Å². The SMILES string of the molecule is C[C@H](Sc1nnc(-c2cccc([N+](=O)[O-])c2)o1)C(=O)NCc1ccco1. The van der Waals surface area contributed by atoms with Gasteiger partial charge in [-0.2, -0.15) is 0 Å². The lowest BCUT2D eigenvalue weighted by Crippen LogP contribution is -2.30. The van der Waals surface area contributed by atoms with Crippen molar-refractivity contribution in [3.05, 3.63) is 58.5 Å². The molecule has 0 fully saturated rings. The zero-order valence-corrected chi connectivity index (χ0v) is 14.4. The van der Waals surface area contributed by atoms with Gasteiger partial charge in [-0.1, -0.05) is 17.8 Å². The highest BCUT2D eigenvalue weighted by Crippen LogP contribution is 2.27. The molecule has 2 heterocycles. The third kappa shape index (κ3) is 4.28. The number of hydrogen-bond acceptors (Lipinski definition) is 8. The van der Waals surface area contributed by atoms with Gasteiger partial charge in [-0.15, -0.1) is 10.2 Å². The monoisotopic (exact) mass is 374 g/mol. The summed E-state index contributed by atoms with van der Waals surface area (Å²) in [5.74, 6) is 0.599. The van der Waals surface area contributed by atoms with Gasteiger partial charge in [0.05, 0.1) is 23.0 Å². The maximum absolute atomic E-state index is 12.1. The third-order valence-electron chi connectivity index (χ3n) is 3.37.